The summed E-state index contributed by atoms with van der Waals surface area (Å²) in [4.78, 5) is 0. The highest BCUT2D eigenvalue weighted by molar-refractivity contribution is 5.29. The molecule has 2 aliphatic heterocycles. The molecule has 2 unspecified atom stereocenters. The molecule has 0 radical (unpaired) electrons. The van der Waals surface area contributed by atoms with Crippen molar-refractivity contribution in [2.75, 3.05) is 0 Å². The van der Waals surface area contributed by atoms with Crippen LogP contribution in [0.3, 0.4) is 0 Å². The van der Waals surface area contributed by atoms with Crippen LogP contribution in [0, 0.1) is 47.3 Å². The minimum Gasteiger partial charge on any atom is -0.369 e. The van der Waals surface area contributed by atoms with Crippen molar-refractivity contribution >= 4 is 0 Å². The molecule has 5 aliphatic carbocycles. The molecule has 0 spiro atoms. The fraction of sp³-hybridized carbons (Fsp3) is 1.00. The predicted octanol–water partition coefficient (Wildman–Crippen LogP) is 1.30. The summed E-state index contributed by atoms with van der Waals surface area (Å²) in [7, 11) is 0. The molecule has 5 saturated carbocycles. The molecule has 7 fully saturated rings. The quantitative estimate of drug-likeness (QED) is 0.570. The van der Waals surface area contributed by atoms with Crippen molar-refractivity contribution in [3.8, 4) is 0 Å². The summed E-state index contributed by atoms with van der Waals surface area (Å²) in [5, 5.41) is 0. The van der Waals surface area contributed by atoms with E-state index in [0.29, 0.717) is 24.4 Å². The molecule has 2 saturated heterocycles. The molecule has 0 aromatic carbocycles. The first kappa shape index (κ1) is 7.38. The molecule has 16 heavy (non-hydrogen) atoms. The van der Waals surface area contributed by atoms with Crippen molar-refractivity contribution < 1.29 is 9.47 Å². The Morgan fingerprint density at radius 3 is 1.69 bits per heavy atom. The van der Waals surface area contributed by atoms with E-state index in [1.54, 1.807) is 0 Å². The third-order valence-corrected chi connectivity index (χ3v) is 7.63. The first-order chi connectivity index (χ1) is 7.93. The van der Waals surface area contributed by atoms with Gasteiger partial charge in [0, 0.05) is 0 Å². The van der Waals surface area contributed by atoms with E-state index in [1.807, 2.05) is 0 Å². The number of hydrogen-bond acceptors (Lipinski definition) is 2. The Morgan fingerprint density at radius 1 is 0.562 bits per heavy atom. The third kappa shape index (κ3) is 0.504. The molecule has 2 heterocycles. The van der Waals surface area contributed by atoms with Gasteiger partial charge in [-0.15, -0.1) is 0 Å². The Bertz CT molecular complexity index is 396. The minimum atomic E-state index is 0.690. The largest absolute Gasteiger partial charge is 0.369 e. The summed E-state index contributed by atoms with van der Waals surface area (Å²) in [6.45, 7) is 0. The van der Waals surface area contributed by atoms with E-state index < -0.39 is 0 Å². The highest BCUT2D eigenvalue weighted by atomic mass is 16.6. The average molecular weight is 216 g/mol. The Hall–Kier alpha value is -0.0800. The fourth-order valence-corrected chi connectivity index (χ4v) is 7.64. The van der Waals surface area contributed by atoms with Crippen molar-refractivity contribution in [2.24, 2.45) is 47.3 Å². The van der Waals surface area contributed by atoms with Crippen LogP contribution in [0.2, 0.25) is 0 Å². The maximum absolute atomic E-state index is 5.98. The Labute approximate surface area is 94.7 Å². The minimum absolute atomic E-state index is 0.690. The fourth-order valence-electron chi connectivity index (χ4n) is 7.64. The van der Waals surface area contributed by atoms with Gasteiger partial charge in [0.25, 0.3) is 0 Å². The van der Waals surface area contributed by atoms with Crippen LogP contribution in [0.1, 0.15) is 12.8 Å². The van der Waals surface area contributed by atoms with E-state index in [1.165, 1.54) is 12.8 Å². The molecule has 84 valence electrons. The van der Waals surface area contributed by atoms with Crippen LogP contribution in [0.5, 0.6) is 0 Å². The lowest BCUT2D eigenvalue weighted by Gasteiger charge is -2.21. The van der Waals surface area contributed by atoms with Gasteiger partial charge >= 0.3 is 0 Å². The lowest BCUT2D eigenvalue weighted by Crippen LogP contribution is -2.23. The summed E-state index contributed by atoms with van der Waals surface area (Å²) >= 11 is 0. The van der Waals surface area contributed by atoms with Crippen molar-refractivity contribution in [1.29, 1.82) is 0 Å². The smallest absolute Gasteiger partial charge is 0.0879 e. The van der Waals surface area contributed by atoms with Crippen LogP contribution < -0.4 is 0 Å². The van der Waals surface area contributed by atoms with E-state index >= 15 is 0 Å². The van der Waals surface area contributed by atoms with Gasteiger partial charge in [0.2, 0.25) is 0 Å². The normalized spacial score (nSPS) is 87.0. The molecule has 0 amide bonds. The van der Waals surface area contributed by atoms with Crippen LogP contribution in [0.25, 0.3) is 0 Å². The second-order valence-corrected chi connectivity index (χ2v) is 7.58. The lowest BCUT2D eigenvalue weighted by molar-refractivity contribution is 0.122. The highest BCUT2D eigenvalue weighted by Crippen LogP contribution is 2.80. The highest BCUT2D eigenvalue weighted by Gasteiger charge is 2.82. The standard InChI is InChI=1S/C14H16O2/c1-3-2-5-8-6(3)7-4(1)11-13(15-11)9(7)10(8)14-12(5)16-14/h3-14H,1-2H2/t3?,4-,5+,6?,7-,8+,9-,10+,11+,12-,13-,14+. The van der Waals surface area contributed by atoms with Crippen LogP contribution >= 0.6 is 0 Å². The molecule has 0 bridgehead atoms. The van der Waals surface area contributed by atoms with Crippen molar-refractivity contribution in [1.82, 2.24) is 0 Å². The van der Waals surface area contributed by atoms with Crippen molar-refractivity contribution in [3.63, 3.8) is 0 Å². The predicted molar refractivity (Wildman–Crippen MR) is 54.5 cm³/mol. The number of fused-ring (bicyclic) bond motifs is 7. The van der Waals surface area contributed by atoms with Gasteiger partial charge < -0.3 is 9.47 Å². The maximum Gasteiger partial charge on any atom is 0.0879 e. The molecule has 2 nitrogen and oxygen atoms in total. The second-order valence-electron chi connectivity index (χ2n) is 7.58. The lowest BCUT2D eigenvalue weighted by atomic mass is 9.86. The Kier molecular flexibility index (Phi) is 0.836. The van der Waals surface area contributed by atoms with Gasteiger partial charge in [-0.25, -0.2) is 0 Å². The summed E-state index contributed by atoms with van der Waals surface area (Å²) in [6.07, 6.45) is 5.83. The van der Waals surface area contributed by atoms with Crippen LogP contribution in [0.4, 0.5) is 0 Å². The maximum atomic E-state index is 5.98. The summed E-state index contributed by atoms with van der Waals surface area (Å²) in [6, 6.07) is 0. The number of hydrogen-bond donors (Lipinski definition) is 0. The van der Waals surface area contributed by atoms with E-state index in [2.05, 4.69) is 0 Å². The van der Waals surface area contributed by atoms with Crippen LogP contribution in [-0.2, 0) is 9.47 Å². The zero-order chi connectivity index (χ0) is 9.76. The molecule has 0 aromatic heterocycles. The Balaban J connectivity index is 1.52. The second kappa shape index (κ2) is 1.81. The molecule has 7 rings (SSSR count). The molecule has 2 heteroatoms. The Morgan fingerprint density at radius 2 is 1.12 bits per heavy atom. The van der Waals surface area contributed by atoms with Crippen molar-refractivity contribution in [3.05, 3.63) is 0 Å². The zero-order valence-corrected chi connectivity index (χ0v) is 9.16. The van der Waals surface area contributed by atoms with E-state index in [4.69, 9.17) is 9.47 Å². The SMILES string of the molecule is C1C2C[C@H]3[C@@H]4O[C@@H]4[C@@H]4[C@H]3C2[C@@H]2[C@H]1[C@H]1O[C@H]1[C@@H]24. The van der Waals surface area contributed by atoms with Gasteiger partial charge in [-0.05, 0) is 60.2 Å². The van der Waals surface area contributed by atoms with E-state index in [-0.39, 0.29) is 0 Å². The van der Waals surface area contributed by atoms with Crippen molar-refractivity contribution in [2.45, 2.75) is 37.3 Å². The average Bonchev–Trinajstić information content (AvgIpc) is 3.00. The van der Waals surface area contributed by atoms with Crippen LogP contribution in [-0.4, -0.2) is 24.4 Å². The summed E-state index contributed by atoms with van der Waals surface area (Å²) in [5.74, 6) is 8.21. The van der Waals surface area contributed by atoms with E-state index in [9.17, 15) is 0 Å². The molecule has 0 aromatic rings. The molecule has 7 aliphatic rings. The molecule has 0 N–H and O–H groups in total. The topological polar surface area (TPSA) is 25.1 Å². The number of ether oxygens (including phenoxy) is 2. The monoisotopic (exact) mass is 216 g/mol. The zero-order valence-electron chi connectivity index (χ0n) is 9.16. The van der Waals surface area contributed by atoms with Gasteiger partial charge in [-0.2, -0.15) is 0 Å². The van der Waals surface area contributed by atoms with Crippen LogP contribution in [0.15, 0.2) is 0 Å². The van der Waals surface area contributed by atoms with E-state index in [0.717, 1.165) is 47.3 Å². The summed E-state index contributed by atoms with van der Waals surface area (Å²) < 4.78 is 12.0. The number of epoxide rings is 2. The van der Waals surface area contributed by atoms with Gasteiger partial charge in [-0.3, -0.25) is 0 Å². The first-order valence-corrected chi connectivity index (χ1v) is 7.24. The molecular weight excluding hydrogens is 200 g/mol. The molecular formula is C14H16O2. The molecule has 12 atom stereocenters. The van der Waals surface area contributed by atoms with Gasteiger partial charge in [0.05, 0.1) is 24.4 Å². The van der Waals surface area contributed by atoms with Gasteiger partial charge in [0.1, 0.15) is 0 Å². The third-order valence-electron chi connectivity index (χ3n) is 7.63. The van der Waals surface area contributed by atoms with Gasteiger partial charge in [-0.1, -0.05) is 0 Å². The number of rotatable bonds is 0. The first-order valence-electron chi connectivity index (χ1n) is 7.24. The van der Waals surface area contributed by atoms with Gasteiger partial charge in [0.15, 0.2) is 0 Å². The summed E-state index contributed by atoms with van der Waals surface area (Å²) in [5.41, 5.74) is 0.